The number of para-hydroxylation sites is 2. The first-order valence-corrected chi connectivity index (χ1v) is 7.06. The van der Waals surface area contributed by atoms with E-state index in [0.717, 1.165) is 11.3 Å². The van der Waals surface area contributed by atoms with Crippen LogP contribution < -0.4 is 10.7 Å². The van der Waals surface area contributed by atoms with E-state index in [0.29, 0.717) is 5.69 Å². The molecule has 23 heavy (non-hydrogen) atoms. The van der Waals surface area contributed by atoms with Crippen LogP contribution in [0.15, 0.2) is 64.9 Å². The zero-order valence-electron chi connectivity index (χ0n) is 12.9. The lowest BCUT2D eigenvalue weighted by molar-refractivity contribution is -0.110. The Kier molecular flexibility index (Phi) is 5.46. The van der Waals surface area contributed by atoms with E-state index in [4.69, 9.17) is 5.21 Å². The number of carbonyl (C=O) groups is 1. The molecule has 6 heteroatoms. The van der Waals surface area contributed by atoms with Crippen LogP contribution >= 0.6 is 0 Å². The van der Waals surface area contributed by atoms with Crippen molar-refractivity contribution < 1.29 is 10.0 Å². The fourth-order valence-electron chi connectivity index (χ4n) is 1.89. The number of hydrogen-bond donors (Lipinski definition) is 3. The minimum absolute atomic E-state index is 0.156. The highest BCUT2D eigenvalue weighted by Gasteiger charge is 2.16. The van der Waals surface area contributed by atoms with Crippen molar-refractivity contribution in [3.05, 3.63) is 60.2 Å². The number of rotatable bonds is 5. The lowest BCUT2D eigenvalue weighted by Crippen LogP contribution is -2.29. The van der Waals surface area contributed by atoms with Gasteiger partial charge in [-0.15, -0.1) is 0 Å². The maximum Gasteiger partial charge on any atom is 0.279 e. The highest BCUT2D eigenvalue weighted by molar-refractivity contribution is 6.68. The molecule has 0 saturated carbocycles. The van der Waals surface area contributed by atoms with Crippen LogP contribution in [-0.2, 0) is 4.79 Å². The van der Waals surface area contributed by atoms with Gasteiger partial charge in [0.15, 0.2) is 5.71 Å². The number of carbonyl (C=O) groups excluding carboxylic acids is 1. The maximum absolute atomic E-state index is 12.2. The number of anilines is 2. The third kappa shape index (κ3) is 4.41. The third-order valence-corrected chi connectivity index (χ3v) is 3.18. The van der Waals surface area contributed by atoms with Crippen molar-refractivity contribution in [1.29, 1.82) is 0 Å². The topological polar surface area (TPSA) is 86.1 Å². The summed E-state index contributed by atoms with van der Waals surface area (Å²) in [7, 11) is 0. The van der Waals surface area contributed by atoms with Crippen molar-refractivity contribution in [3.63, 3.8) is 0 Å². The van der Waals surface area contributed by atoms with E-state index in [-0.39, 0.29) is 11.4 Å². The molecule has 0 aliphatic heterocycles. The Morgan fingerprint density at radius 1 is 1.04 bits per heavy atom. The molecule has 118 valence electrons. The Morgan fingerprint density at radius 3 is 2.35 bits per heavy atom. The Labute approximate surface area is 134 Å². The predicted octanol–water partition coefficient (Wildman–Crippen LogP) is 3.25. The zero-order valence-corrected chi connectivity index (χ0v) is 12.9. The van der Waals surface area contributed by atoms with Crippen LogP contribution in [0.5, 0.6) is 0 Å². The lowest BCUT2D eigenvalue weighted by atomic mass is 10.2. The normalized spacial score (nSPS) is 11.9. The van der Waals surface area contributed by atoms with Gasteiger partial charge in [0, 0.05) is 5.69 Å². The van der Waals surface area contributed by atoms with Gasteiger partial charge in [-0.3, -0.25) is 10.2 Å². The third-order valence-electron chi connectivity index (χ3n) is 3.18. The second kappa shape index (κ2) is 7.74. The van der Waals surface area contributed by atoms with Gasteiger partial charge >= 0.3 is 0 Å². The van der Waals surface area contributed by atoms with Gasteiger partial charge in [-0.2, -0.15) is 5.10 Å². The number of aryl methyl sites for hydroxylation is 1. The first-order chi connectivity index (χ1) is 11.1. The van der Waals surface area contributed by atoms with Crippen LogP contribution in [0.25, 0.3) is 0 Å². The highest BCUT2D eigenvalue weighted by Crippen LogP contribution is 2.13. The van der Waals surface area contributed by atoms with Crippen LogP contribution in [0, 0.1) is 6.92 Å². The summed E-state index contributed by atoms with van der Waals surface area (Å²) in [4.78, 5) is 12.2. The van der Waals surface area contributed by atoms with Gasteiger partial charge < -0.3 is 10.5 Å². The minimum Gasteiger partial charge on any atom is -0.410 e. The summed E-state index contributed by atoms with van der Waals surface area (Å²) in [6.45, 7) is 3.46. The molecule has 2 rings (SSSR count). The average Bonchev–Trinajstić information content (AvgIpc) is 2.57. The Balaban J connectivity index is 2.09. The summed E-state index contributed by atoms with van der Waals surface area (Å²) in [5.74, 6) is -0.530. The molecule has 0 aliphatic rings. The molecular weight excluding hydrogens is 292 g/mol. The number of hydrogen-bond acceptors (Lipinski definition) is 5. The smallest absolute Gasteiger partial charge is 0.279 e. The highest BCUT2D eigenvalue weighted by atomic mass is 16.4. The van der Waals surface area contributed by atoms with Gasteiger partial charge in [-0.05, 0) is 37.6 Å². The second-order valence-corrected chi connectivity index (χ2v) is 4.89. The van der Waals surface area contributed by atoms with Crippen molar-refractivity contribution >= 4 is 28.7 Å². The van der Waals surface area contributed by atoms with Gasteiger partial charge in [0.2, 0.25) is 0 Å². The number of nitrogens with zero attached hydrogens (tertiary/aromatic N) is 2. The van der Waals surface area contributed by atoms with Crippen LogP contribution in [0.1, 0.15) is 12.5 Å². The Morgan fingerprint density at radius 2 is 1.70 bits per heavy atom. The number of benzene rings is 2. The van der Waals surface area contributed by atoms with Crippen LogP contribution in [-0.4, -0.2) is 22.5 Å². The molecule has 2 aromatic carbocycles. The van der Waals surface area contributed by atoms with Crippen LogP contribution in [0.3, 0.4) is 0 Å². The minimum atomic E-state index is -0.530. The summed E-state index contributed by atoms with van der Waals surface area (Å²) in [6, 6.07) is 16.6. The molecule has 0 heterocycles. The van der Waals surface area contributed by atoms with E-state index in [2.05, 4.69) is 21.0 Å². The van der Waals surface area contributed by atoms with E-state index in [1.54, 1.807) is 13.0 Å². The van der Waals surface area contributed by atoms with Crippen LogP contribution in [0.2, 0.25) is 0 Å². The van der Waals surface area contributed by atoms with E-state index >= 15 is 0 Å². The first kappa shape index (κ1) is 16.2. The van der Waals surface area contributed by atoms with Crippen molar-refractivity contribution in [2.75, 3.05) is 10.7 Å². The SMILES string of the molecule is CC(=N/Nc1ccccc1)/C(=N/O)C(=O)Nc1ccccc1C. The van der Waals surface area contributed by atoms with Crippen LogP contribution in [0.4, 0.5) is 11.4 Å². The van der Waals surface area contributed by atoms with Crippen molar-refractivity contribution in [2.45, 2.75) is 13.8 Å². The summed E-state index contributed by atoms with van der Waals surface area (Å²) < 4.78 is 0. The number of nitrogens with one attached hydrogen (secondary N) is 2. The predicted molar refractivity (Wildman–Crippen MR) is 92.2 cm³/mol. The molecule has 0 spiro atoms. The maximum atomic E-state index is 12.2. The monoisotopic (exact) mass is 310 g/mol. The molecule has 0 aromatic heterocycles. The number of amides is 1. The van der Waals surface area contributed by atoms with Crippen molar-refractivity contribution in [2.24, 2.45) is 10.3 Å². The molecule has 0 fully saturated rings. The number of hydrazone groups is 1. The molecule has 6 nitrogen and oxygen atoms in total. The molecule has 0 bridgehead atoms. The molecule has 3 N–H and O–H groups in total. The van der Waals surface area contributed by atoms with Gasteiger partial charge in [0.05, 0.1) is 11.4 Å². The van der Waals surface area contributed by atoms with Gasteiger partial charge in [-0.1, -0.05) is 41.6 Å². The zero-order chi connectivity index (χ0) is 16.7. The first-order valence-electron chi connectivity index (χ1n) is 7.06. The molecule has 0 unspecified atom stereocenters. The van der Waals surface area contributed by atoms with Gasteiger partial charge in [-0.25, -0.2) is 0 Å². The fraction of sp³-hybridized carbons (Fsp3) is 0.118. The Hall–Kier alpha value is -3.15. The fourth-order valence-corrected chi connectivity index (χ4v) is 1.89. The van der Waals surface area contributed by atoms with E-state index in [9.17, 15) is 4.79 Å². The van der Waals surface area contributed by atoms with E-state index in [1.807, 2.05) is 55.5 Å². The Bertz CT molecular complexity index is 739. The summed E-state index contributed by atoms with van der Waals surface area (Å²) in [5, 5.41) is 19.0. The number of oxime groups is 1. The second-order valence-electron chi connectivity index (χ2n) is 4.89. The average molecular weight is 310 g/mol. The molecule has 0 radical (unpaired) electrons. The molecule has 0 atom stereocenters. The lowest BCUT2D eigenvalue weighted by Gasteiger charge is -2.09. The van der Waals surface area contributed by atoms with Gasteiger partial charge in [0.25, 0.3) is 5.91 Å². The summed E-state index contributed by atoms with van der Waals surface area (Å²) in [6.07, 6.45) is 0. The molecule has 0 saturated heterocycles. The van der Waals surface area contributed by atoms with Crippen molar-refractivity contribution in [1.82, 2.24) is 0 Å². The quantitative estimate of drug-likeness (QED) is 0.450. The summed E-state index contributed by atoms with van der Waals surface area (Å²) >= 11 is 0. The van der Waals surface area contributed by atoms with E-state index in [1.165, 1.54) is 0 Å². The van der Waals surface area contributed by atoms with Crippen molar-refractivity contribution in [3.8, 4) is 0 Å². The molecule has 1 amide bonds. The standard InChI is InChI=1S/C17H18N4O2/c1-12-8-6-7-11-15(12)18-17(22)16(21-23)13(2)19-20-14-9-4-3-5-10-14/h3-11,20,23H,1-2H3,(H,18,22)/b19-13-,21-16-. The largest absolute Gasteiger partial charge is 0.410 e. The van der Waals surface area contributed by atoms with E-state index < -0.39 is 5.91 Å². The molecule has 0 aliphatic carbocycles. The molecule has 2 aromatic rings. The van der Waals surface area contributed by atoms with Gasteiger partial charge in [0.1, 0.15) is 0 Å². The molecular formula is C17H18N4O2. The summed E-state index contributed by atoms with van der Waals surface area (Å²) in [5.41, 5.74) is 5.25.